The van der Waals surface area contributed by atoms with Gasteiger partial charge in [-0.1, -0.05) is 0 Å². The molecule has 4 unspecified atom stereocenters. The highest BCUT2D eigenvalue weighted by Gasteiger charge is 2.55. The molecule has 3 rings (SSSR count). The van der Waals surface area contributed by atoms with Crippen molar-refractivity contribution in [3.8, 4) is 0 Å². The van der Waals surface area contributed by atoms with Crippen LogP contribution in [0.4, 0.5) is 0 Å². The van der Waals surface area contributed by atoms with E-state index in [0.717, 1.165) is 30.6 Å². The molecule has 1 amide bonds. The molecule has 0 radical (unpaired) electrons. The molecule has 22 heavy (non-hydrogen) atoms. The van der Waals surface area contributed by atoms with Gasteiger partial charge in [-0.3, -0.25) is 14.3 Å². The summed E-state index contributed by atoms with van der Waals surface area (Å²) in [6.07, 6.45) is 2.66. The van der Waals surface area contributed by atoms with Crippen molar-refractivity contribution in [2.75, 3.05) is 0 Å². The Morgan fingerprint density at radius 2 is 2.09 bits per heavy atom. The Bertz CT molecular complexity index is 598. The normalized spacial score (nSPS) is 29.7. The van der Waals surface area contributed by atoms with Crippen molar-refractivity contribution in [2.24, 2.45) is 11.8 Å². The van der Waals surface area contributed by atoms with E-state index in [1.54, 1.807) is 6.20 Å². The first-order valence-corrected chi connectivity index (χ1v) is 7.70. The number of hydrogen-bond donors (Lipinski definition) is 2. The molecule has 7 heteroatoms. The Balaban J connectivity index is 1.66. The van der Waals surface area contributed by atoms with E-state index in [0.29, 0.717) is 6.54 Å². The highest BCUT2D eigenvalue weighted by atomic mass is 16.5. The van der Waals surface area contributed by atoms with Crippen LogP contribution in [0.5, 0.6) is 0 Å². The summed E-state index contributed by atoms with van der Waals surface area (Å²) in [5, 5.41) is 16.4. The van der Waals surface area contributed by atoms with Crippen molar-refractivity contribution >= 4 is 11.9 Å². The molecule has 7 nitrogen and oxygen atoms in total. The van der Waals surface area contributed by atoms with Gasteiger partial charge in [0.05, 0.1) is 30.2 Å². The Hall–Kier alpha value is -1.89. The van der Waals surface area contributed by atoms with Crippen LogP contribution < -0.4 is 5.32 Å². The third-order valence-electron chi connectivity index (χ3n) is 4.82. The summed E-state index contributed by atoms with van der Waals surface area (Å²) < 4.78 is 7.48. The number of carboxylic acids is 1. The van der Waals surface area contributed by atoms with E-state index in [-0.39, 0.29) is 18.1 Å². The zero-order valence-corrected chi connectivity index (χ0v) is 12.8. The molecule has 0 aliphatic carbocycles. The fraction of sp³-hybridized carbons (Fsp3) is 0.667. The number of aromatic nitrogens is 2. The summed E-state index contributed by atoms with van der Waals surface area (Å²) in [5.74, 6) is -2.48. The highest BCUT2D eigenvalue weighted by molar-refractivity contribution is 5.86. The van der Waals surface area contributed by atoms with E-state index in [1.807, 2.05) is 18.5 Å². The fourth-order valence-corrected chi connectivity index (χ4v) is 3.60. The van der Waals surface area contributed by atoms with Gasteiger partial charge in [0.1, 0.15) is 0 Å². The van der Waals surface area contributed by atoms with Gasteiger partial charge in [0.25, 0.3) is 0 Å². The van der Waals surface area contributed by atoms with Gasteiger partial charge in [0.2, 0.25) is 5.91 Å². The van der Waals surface area contributed by atoms with E-state index in [9.17, 15) is 14.7 Å². The molecule has 0 aromatic carbocycles. The topological polar surface area (TPSA) is 93.5 Å². The van der Waals surface area contributed by atoms with Gasteiger partial charge < -0.3 is 15.2 Å². The summed E-state index contributed by atoms with van der Waals surface area (Å²) >= 11 is 0. The Kier molecular flexibility index (Phi) is 3.90. The SMILES string of the molecule is CCn1ncc(CNC(=O)C2C3CCC(O3)C2C(=O)O)c1C. The van der Waals surface area contributed by atoms with Crippen molar-refractivity contribution in [1.82, 2.24) is 15.1 Å². The Morgan fingerprint density at radius 3 is 2.68 bits per heavy atom. The number of aliphatic carboxylic acids is 1. The summed E-state index contributed by atoms with van der Waals surface area (Å²) in [6, 6.07) is 0. The number of amides is 1. The molecule has 2 saturated heterocycles. The standard InChI is InChI=1S/C15H21N3O4/c1-3-18-8(2)9(7-17-18)6-16-14(19)12-10-4-5-11(22-10)13(12)15(20)21/h7,10-13H,3-6H2,1-2H3,(H,16,19)(H,20,21). The number of ether oxygens (including phenoxy) is 1. The van der Waals surface area contributed by atoms with Crippen molar-refractivity contribution in [3.63, 3.8) is 0 Å². The second kappa shape index (κ2) is 5.72. The summed E-state index contributed by atoms with van der Waals surface area (Å²) in [7, 11) is 0. The smallest absolute Gasteiger partial charge is 0.310 e. The lowest BCUT2D eigenvalue weighted by molar-refractivity contribution is -0.147. The predicted molar refractivity (Wildman–Crippen MR) is 77.0 cm³/mol. The maximum absolute atomic E-state index is 12.4. The molecule has 2 aliphatic heterocycles. The van der Waals surface area contributed by atoms with E-state index in [4.69, 9.17) is 4.74 Å². The van der Waals surface area contributed by atoms with Crippen molar-refractivity contribution < 1.29 is 19.4 Å². The van der Waals surface area contributed by atoms with Crippen LogP contribution in [0.15, 0.2) is 6.20 Å². The Labute approximate surface area is 128 Å². The van der Waals surface area contributed by atoms with Crippen molar-refractivity contribution in [1.29, 1.82) is 0 Å². The van der Waals surface area contributed by atoms with Gasteiger partial charge in [0.15, 0.2) is 0 Å². The number of fused-ring (bicyclic) bond motifs is 2. The number of rotatable bonds is 5. The van der Waals surface area contributed by atoms with Crippen molar-refractivity contribution in [3.05, 3.63) is 17.5 Å². The molecular formula is C15H21N3O4. The van der Waals surface area contributed by atoms with Gasteiger partial charge in [-0.15, -0.1) is 0 Å². The third-order valence-corrected chi connectivity index (χ3v) is 4.82. The van der Waals surface area contributed by atoms with E-state index >= 15 is 0 Å². The van der Waals surface area contributed by atoms with Crippen LogP contribution in [0, 0.1) is 18.8 Å². The lowest BCUT2D eigenvalue weighted by atomic mass is 9.78. The number of hydrogen-bond acceptors (Lipinski definition) is 4. The monoisotopic (exact) mass is 307 g/mol. The van der Waals surface area contributed by atoms with Crippen LogP contribution in [0.3, 0.4) is 0 Å². The minimum absolute atomic E-state index is 0.233. The summed E-state index contributed by atoms with van der Waals surface area (Å²) in [4.78, 5) is 23.8. The van der Waals surface area contributed by atoms with Crippen LogP contribution >= 0.6 is 0 Å². The number of carbonyl (C=O) groups is 2. The van der Waals surface area contributed by atoms with Crippen LogP contribution in [0.25, 0.3) is 0 Å². The van der Waals surface area contributed by atoms with Crippen LogP contribution in [-0.4, -0.2) is 39.0 Å². The first-order valence-electron chi connectivity index (χ1n) is 7.70. The van der Waals surface area contributed by atoms with Crippen LogP contribution in [0.1, 0.15) is 31.0 Å². The molecule has 1 aromatic rings. The van der Waals surface area contributed by atoms with Gasteiger partial charge in [0, 0.05) is 24.3 Å². The van der Waals surface area contributed by atoms with E-state index in [2.05, 4.69) is 10.4 Å². The number of carboxylic acid groups (broad SMARTS) is 1. The molecular weight excluding hydrogens is 286 g/mol. The summed E-state index contributed by atoms with van der Waals surface area (Å²) in [5.41, 5.74) is 1.97. The van der Waals surface area contributed by atoms with Gasteiger partial charge in [-0.05, 0) is 26.7 Å². The van der Waals surface area contributed by atoms with Gasteiger partial charge in [-0.2, -0.15) is 5.10 Å². The molecule has 1 aromatic heterocycles. The molecule has 120 valence electrons. The zero-order chi connectivity index (χ0) is 15.9. The molecule has 0 spiro atoms. The zero-order valence-electron chi connectivity index (χ0n) is 12.8. The minimum atomic E-state index is -0.942. The van der Waals surface area contributed by atoms with Gasteiger partial charge >= 0.3 is 5.97 Å². The minimum Gasteiger partial charge on any atom is -0.481 e. The molecule has 2 aliphatic rings. The number of nitrogens with zero attached hydrogens (tertiary/aromatic N) is 2. The maximum atomic E-state index is 12.4. The second-order valence-corrected chi connectivity index (χ2v) is 5.97. The largest absolute Gasteiger partial charge is 0.481 e. The van der Waals surface area contributed by atoms with Crippen LogP contribution in [-0.2, 0) is 27.4 Å². The number of carbonyl (C=O) groups excluding carboxylic acids is 1. The summed E-state index contributed by atoms with van der Waals surface area (Å²) in [6.45, 7) is 5.11. The van der Waals surface area contributed by atoms with E-state index < -0.39 is 17.8 Å². The van der Waals surface area contributed by atoms with E-state index in [1.165, 1.54) is 0 Å². The number of nitrogens with one attached hydrogen (secondary N) is 1. The molecule has 4 atom stereocenters. The van der Waals surface area contributed by atoms with Crippen molar-refractivity contribution in [2.45, 2.75) is 52.0 Å². The maximum Gasteiger partial charge on any atom is 0.310 e. The fourth-order valence-electron chi connectivity index (χ4n) is 3.60. The lowest BCUT2D eigenvalue weighted by Crippen LogP contribution is -2.43. The number of aryl methyl sites for hydroxylation is 1. The molecule has 3 heterocycles. The first kappa shape index (κ1) is 15.0. The average Bonchev–Trinajstić information content (AvgIpc) is 3.18. The third kappa shape index (κ3) is 2.39. The van der Waals surface area contributed by atoms with Gasteiger partial charge in [-0.25, -0.2) is 0 Å². The predicted octanol–water partition coefficient (Wildman–Crippen LogP) is 0.706. The van der Waals surface area contributed by atoms with Crippen LogP contribution in [0.2, 0.25) is 0 Å². The molecule has 2 bridgehead atoms. The molecule has 0 saturated carbocycles. The highest BCUT2D eigenvalue weighted by Crippen LogP contribution is 2.43. The first-order chi connectivity index (χ1) is 10.5. The average molecular weight is 307 g/mol. The molecule has 2 N–H and O–H groups in total. The quantitative estimate of drug-likeness (QED) is 0.835. The second-order valence-electron chi connectivity index (χ2n) is 5.97. The molecule has 2 fully saturated rings. The lowest BCUT2D eigenvalue weighted by Gasteiger charge is -2.23. The Morgan fingerprint density at radius 1 is 1.41 bits per heavy atom.